The fourth-order valence-corrected chi connectivity index (χ4v) is 3.45. The van der Waals surface area contributed by atoms with Crippen LogP contribution in [0.25, 0.3) is 0 Å². The fourth-order valence-electron chi connectivity index (χ4n) is 3.45. The summed E-state index contributed by atoms with van der Waals surface area (Å²) in [7, 11) is 0. The summed E-state index contributed by atoms with van der Waals surface area (Å²) in [6.45, 7) is 0.144. The van der Waals surface area contributed by atoms with Crippen molar-refractivity contribution in [1.29, 1.82) is 0 Å². The molecule has 2 atom stereocenters. The maximum absolute atomic E-state index is 9.41. The Balaban J connectivity index is 1.89. The van der Waals surface area contributed by atoms with Gasteiger partial charge in [-0.2, -0.15) is 0 Å². The molecule has 0 spiro atoms. The van der Waals surface area contributed by atoms with Crippen molar-refractivity contribution in [3.05, 3.63) is 35.9 Å². The standard InChI is InChI=1S/C15H20O2/c16-11-14-15(17-14,12-7-3-1-4-8-12)13-9-5-2-6-10-13/h1,3-4,7-8,13-14,16H,2,5-6,9-11H2/t14-,15+/m0/s1. The molecule has 2 aliphatic rings. The zero-order valence-electron chi connectivity index (χ0n) is 10.1. The molecule has 0 amide bonds. The van der Waals surface area contributed by atoms with Gasteiger partial charge in [-0.15, -0.1) is 0 Å². The lowest BCUT2D eigenvalue weighted by molar-refractivity contribution is 0.171. The minimum atomic E-state index is -0.170. The lowest BCUT2D eigenvalue weighted by Gasteiger charge is -2.28. The van der Waals surface area contributed by atoms with Gasteiger partial charge < -0.3 is 9.84 Å². The molecule has 2 heteroatoms. The maximum Gasteiger partial charge on any atom is 0.125 e. The van der Waals surface area contributed by atoms with Gasteiger partial charge in [0.05, 0.1) is 6.61 Å². The first-order valence-corrected chi connectivity index (χ1v) is 6.72. The fraction of sp³-hybridized carbons (Fsp3) is 0.600. The number of epoxide rings is 1. The Bertz CT molecular complexity index is 370. The first kappa shape index (κ1) is 11.2. The van der Waals surface area contributed by atoms with E-state index in [-0.39, 0.29) is 18.3 Å². The summed E-state index contributed by atoms with van der Waals surface area (Å²) in [5.74, 6) is 0.593. The highest BCUT2D eigenvalue weighted by Crippen LogP contribution is 2.55. The molecule has 1 N–H and O–H groups in total. The SMILES string of the molecule is OC[C@@H]1O[C@]1(c1ccccc1)C1CCCCC1. The van der Waals surface area contributed by atoms with Crippen LogP contribution in [0.15, 0.2) is 30.3 Å². The Morgan fingerprint density at radius 3 is 2.41 bits per heavy atom. The van der Waals surface area contributed by atoms with Gasteiger partial charge >= 0.3 is 0 Å². The molecule has 92 valence electrons. The molecule has 1 saturated carbocycles. The van der Waals surface area contributed by atoms with Crippen LogP contribution < -0.4 is 0 Å². The van der Waals surface area contributed by atoms with Crippen LogP contribution in [0.3, 0.4) is 0 Å². The summed E-state index contributed by atoms with van der Waals surface area (Å²) in [5.41, 5.74) is 1.09. The molecule has 2 fully saturated rings. The van der Waals surface area contributed by atoms with Gasteiger partial charge in [-0.25, -0.2) is 0 Å². The molecular weight excluding hydrogens is 212 g/mol. The molecular formula is C15H20O2. The van der Waals surface area contributed by atoms with E-state index in [4.69, 9.17) is 4.74 Å². The molecule has 0 aromatic heterocycles. The van der Waals surface area contributed by atoms with Crippen LogP contribution in [-0.2, 0) is 10.3 Å². The third-order valence-corrected chi connectivity index (χ3v) is 4.36. The van der Waals surface area contributed by atoms with Crippen molar-refractivity contribution in [3.8, 4) is 0 Å². The van der Waals surface area contributed by atoms with Gasteiger partial charge in [0, 0.05) is 0 Å². The lowest BCUT2D eigenvalue weighted by atomic mass is 9.75. The Hall–Kier alpha value is -0.860. The summed E-state index contributed by atoms with van der Waals surface area (Å²) in [6.07, 6.45) is 6.47. The Morgan fingerprint density at radius 2 is 1.82 bits per heavy atom. The first-order valence-electron chi connectivity index (χ1n) is 6.72. The van der Waals surface area contributed by atoms with E-state index in [1.54, 1.807) is 0 Å². The third-order valence-electron chi connectivity index (χ3n) is 4.36. The van der Waals surface area contributed by atoms with Crippen molar-refractivity contribution < 1.29 is 9.84 Å². The van der Waals surface area contributed by atoms with E-state index in [9.17, 15) is 5.11 Å². The average Bonchev–Trinajstić information content (AvgIpc) is 3.17. The largest absolute Gasteiger partial charge is 0.394 e. The molecule has 0 unspecified atom stereocenters. The van der Waals surface area contributed by atoms with E-state index in [1.165, 1.54) is 37.7 Å². The number of hydrogen-bond acceptors (Lipinski definition) is 2. The molecule has 1 aromatic carbocycles. The van der Waals surface area contributed by atoms with Crippen LogP contribution in [-0.4, -0.2) is 17.8 Å². The van der Waals surface area contributed by atoms with Gasteiger partial charge in [0.25, 0.3) is 0 Å². The lowest BCUT2D eigenvalue weighted by Crippen LogP contribution is -2.28. The van der Waals surface area contributed by atoms with E-state index in [2.05, 4.69) is 24.3 Å². The second-order valence-electron chi connectivity index (χ2n) is 5.28. The summed E-state index contributed by atoms with van der Waals surface area (Å²) < 4.78 is 5.93. The normalized spacial score (nSPS) is 33.6. The average molecular weight is 232 g/mol. The highest BCUT2D eigenvalue weighted by atomic mass is 16.6. The van der Waals surface area contributed by atoms with Crippen molar-refractivity contribution >= 4 is 0 Å². The molecule has 0 bridgehead atoms. The monoisotopic (exact) mass is 232 g/mol. The summed E-state index contributed by atoms with van der Waals surface area (Å²) in [4.78, 5) is 0. The topological polar surface area (TPSA) is 32.8 Å². The molecule has 1 saturated heterocycles. The van der Waals surface area contributed by atoms with Gasteiger partial charge in [-0.3, -0.25) is 0 Å². The summed E-state index contributed by atoms with van der Waals surface area (Å²) in [5, 5.41) is 9.41. The number of benzene rings is 1. The van der Waals surface area contributed by atoms with Crippen LogP contribution in [0.5, 0.6) is 0 Å². The molecule has 3 rings (SSSR count). The third kappa shape index (κ3) is 1.80. The second kappa shape index (κ2) is 4.43. The molecule has 1 heterocycles. The smallest absolute Gasteiger partial charge is 0.125 e. The van der Waals surface area contributed by atoms with Crippen molar-refractivity contribution in [2.45, 2.75) is 43.8 Å². The molecule has 0 radical (unpaired) electrons. The first-order chi connectivity index (χ1) is 8.38. The number of ether oxygens (including phenoxy) is 1. The minimum absolute atomic E-state index is 0.0213. The second-order valence-corrected chi connectivity index (χ2v) is 5.28. The van der Waals surface area contributed by atoms with Crippen molar-refractivity contribution in [2.24, 2.45) is 5.92 Å². The highest BCUT2D eigenvalue weighted by molar-refractivity contribution is 5.31. The predicted molar refractivity (Wildman–Crippen MR) is 66.7 cm³/mol. The van der Waals surface area contributed by atoms with Crippen LogP contribution in [0.2, 0.25) is 0 Å². The summed E-state index contributed by atoms with van der Waals surface area (Å²) >= 11 is 0. The molecule has 1 aliphatic heterocycles. The zero-order chi connectivity index (χ0) is 11.7. The molecule has 2 nitrogen and oxygen atoms in total. The predicted octanol–water partition coefficient (Wildman–Crippen LogP) is 2.85. The van der Waals surface area contributed by atoms with Crippen molar-refractivity contribution in [2.75, 3.05) is 6.61 Å². The van der Waals surface area contributed by atoms with E-state index in [0.717, 1.165) is 0 Å². The van der Waals surface area contributed by atoms with Gasteiger partial charge in [-0.05, 0) is 24.3 Å². The van der Waals surface area contributed by atoms with E-state index in [1.807, 2.05) is 6.07 Å². The molecule has 17 heavy (non-hydrogen) atoms. The van der Waals surface area contributed by atoms with E-state index < -0.39 is 0 Å². The van der Waals surface area contributed by atoms with Gasteiger partial charge in [0.2, 0.25) is 0 Å². The van der Waals surface area contributed by atoms with E-state index >= 15 is 0 Å². The number of hydrogen-bond donors (Lipinski definition) is 1. The number of aliphatic hydroxyl groups excluding tert-OH is 1. The van der Waals surface area contributed by atoms with E-state index in [0.29, 0.717) is 5.92 Å². The molecule has 1 aromatic rings. The van der Waals surface area contributed by atoms with Gasteiger partial charge in [0.15, 0.2) is 0 Å². The summed E-state index contributed by atoms with van der Waals surface area (Å²) in [6, 6.07) is 10.5. The minimum Gasteiger partial charge on any atom is -0.394 e. The van der Waals surface area contributed by atoms with Crippen LogP contribution >= 0.6 is 0 Å². The number of aliphatic hydroxyl groups is 1. The van der Waals surface area contributed by atoms with Crippen molar-refractivity contribution in [3.63, 3.8) is 0 Å². The quantitative estimate of drug-likeness (QED) is 0.813. The number of rotatable bonds is 3. The van der Waals surface area contributed by atoms with Crippen LogP contribution in [0.1, 0.15) is 37.7 Å². The highest BCUT2D eigenvalue weighted by Gasteiger charge is 2.61. The van der Waals surface area contributed by atoms with Crippen molar-refractivity contribution in [1.82, 2.24) is 0 Å². The van der Waals surface area contributed by atoms with Gasteiger partial charge in [-0.1, -0.05) is 49.6 Å². The molecule has 1 aliphatic carbocycles. The maximum atomic E-state index is 9.41. The Morgan fingerprint density at radius 1 is 1.12 bits per heavy atom. The Labute approximate surface area is 103 Å². The van der Waals surface area contributed by atoms with Crippen LogP contribution in [0, 0.1) is 5.92 Å². The Kier molecular flexibility index (Phi) is 2.93. The van der Waals surface area contributed by atoms with Crippen LogP contribution in [0.4, 0.5) is 0 Å². The van der Waals surface area contributed by atoms with Gasteiger partial charge in [0.1, 0.15) is 11.7 Å². The zero-order valence-corrected chi connectivity index (χ0v) is 10.1.